The number of carbonyl (C=O) groups excluding carboxylic acids is 2. The molecule has 1 aliphatic heterocycles. The van der Waals surface area contributed by atoms with Gasteiger partial charge < -0.3 is 10.2 Å². The van der Waals surface area contributed by atoms with Crippen molar-refractivity contribution < 1.29 is 27.7 Å². The van der Waals surface area contributed by atoms with Gasteiger partial charge in [-0.2, -0.15) is 18.4 Å². The molecule has 0 radical (unpaired) electrons. The minimum Gasteiger partial charge on any atom is -0.331 e. The lowest BCUT2D eigenvalue weighted by Gasteiger charge is -2.31. The van der Waals surface area contributed by atoms with E-state index in [1.165, 1.54) is 6.07 Å². The average Bonchev–Trinajstić information content (AvgIpc) is 2.73. The topological polar surface area (TPSA) is 90.6 Å². The monoisotopic (exact) mass is 418 g/mol. The van der Waals surface area contributed by atoms with Gasteiger partial charge in [-0.05, 0) is 30.3 Å². The lowest BCUT2D eigenvalue weighted by molar-refractivity contribution is -0.367. The van der Waals surface area contributed by atoms with Gasteiger partial charge in [-0.15, -0.1) is 0 Å². The van der Waals surface area contributed by atoms with Gasteiger partial charge in [0.2, 0.25) is 5.91 Å². The van der Waals surface area contributed by atoms with Crippen molar-refractivity contribution in [2.45, 2.75) is 12.6 Å². The normalized spacial score (nSPS) is 14.2. The Kier molecular flexibility index (Phi) is 6.20. The van der Waals surface area contributed by atoms with E-state index in [0.29, 0.717) is 43.2 Å². The third kappa shape index (κ3) is 5.05. The van der Waals surface area contributed by atoms with Crippen LogP contribution in [0.5, 0.6) is 0 Å². The van der Waals surface area contributed by atoms with Crippen LogP contribution in [0.25, 0.3) is 0 Å². The number of hydrogen-bond acceptors (Lipinski definition) is 4. The molecular weight excluding hydrogens is 399 g/mol. The number of halogens is 3. The number of nitrogens with zero attached hydrogens (tertiary/aromatic N) is 3. The van der Waals surface area contributed by atoms with Crippen LogP contribution in [0.1, 0.15) is 22.3 Å². The summed E-state index contributed by atoms with van der Waals surface area (Å²) in [5.41, 5.74) is 0.213. The molecule has 156 valence electrons. The van der Waals surface area contributed by atoms with Crippen LogP contribution in [0.3, 0.4) is 0 Å². The molecule has 1 fully saturated rings. The molecule has 0 saturated carbocycles. The van der Waals surface area contributed by atoms with Crippen molar-refractivity contribution >= 4 is 23.3 Å². The van der Waals surface area contributed by atoms with Crippen LogP contribution in [0, 0.1) is 11.3 Å². The number of aromatic amines is 1. The summed E-state index contributed by atoms with van der Waals surface area (Å²) in [6.07, 6.45) is -3.71. The molecule has 3 rings (SSSR count). The van der Waals surface area contributed by atoms with Crippen molar-refractivity contribution in [2.24, 2.45) is 0 Å². The van der Waals surface area contributed by atoms with Gasteiger partial charge in [-0.1, -0.05) is 0 Å². The van der Waals surface area contributed by atoms with Gasteiger partial charge in [0.25, 0.3) is 11.7 Å². The number of anilines is 2. The number of H-pyrrole nitrogens is 1. The third-order valence-electron chi connectivity index (χ3n) is 4.69. The Balaban J connectivity index is 1.56. The van der Waals surface area contributed by atoms with E-state index in [-0.39, 0.29) is 12.3 Å². The molecule has 1 aromatic carbocycles. The van der Waals surface area contributed by atoms with Crippen LogP contribution in [0.4, 0.5) is 24.7 Å². The Bertz CT molecular complexity index is 944. The number of carbonyl (C=O) groups is 2. The number of nitrogens with one attached hydrogen (secondary N) is 2. The molecule has 2 heterocycles. The zero-order chi connectivity index (χ0) is 21.7. The molecule has 7 nitrogen and oxygen atoms in total. The lowest BCUT2D eigenvalue weighted by atomic mass is 10.1. The minimum atomic E-state index is -4.39. The number of rotatable bonds is 4. The van der Waals surface area contributed by atoms with Crippen LogP contribution in [-0.4, -0.2) is 42.9 Å². The Hall–Kier alpha value is -3.61. The van der Waals surface area contributed by atoms with Gasteiger partial charge in [0, 0.05) is 17.3 Å². The quantitative estimate of drug-likeness (QED) is 0.825. The molecule has 10 heteroatoms. The Morgan fingerprint density at radius 1 is 1.07 bits per heavy atom. The van der Waals surface area contributed by atoms with E-state index < -0.39 is 17.6 Å². The first kappa shape index (κ1) is 21.1. The van der Waals surface area contributed by atoms with Crippen molar-refractivity contribution in [3.8, 4) is 6.07 Å². The molecule has 0 aliphatic carbocycles. The maximum absolute atomic E-state index is 12.7. The van der Waals surface area contributed by atoms with E-state index in [1.54, 1.807) is 35.2 Å². The maximum atomic E-state index is 12.7. The summed E-state index contributed by atoms with van der Waals surface area (Å²) in [5, 5.41) is 11.1. The average molecular weight is 418 g/mol. The van der Waals surface area contributed by atoms with Crippen molar-refractivity contribution in [3.63, 3.8) is 0 Å². The molecule has 0 bridgehead atoms. The zero-order valence-corrected chi connectivity index (χ0v) is 15.9. The van der Waals surface area contributed by atoms with Gasteiger partial charge in [0.15, 0.2) is 0 Å². The maximum Gasteiger partial charge on any atom is 0.419 e. The highest BCUT2D eigenvalue weighted by Gasteiger charge is 2.33. The van der Waals surface area contributed by atoms with E-state index in [0.717, 1.165) is 12.3 Å². The number of pyridine rings is 1. The summed E-state index contributed by atoms with van der Waals surface area (Å²) in [6.45, 7) is 1.81. The highest BCUT2D eigenvalue weighted by atomic mass is 19.4. The van der Waals surface area contributed by atoms with E-state index in [9.17, 15) is 22.8 Å². The highest BCUT2D eigenvalue weighted by molar-refractivity contribution is 5.96. The molecule has 0 spiro atoms. The largest absolute Gasteiger partial charge is 0.419 e. The molecule has 1 aliphatic rings. The molecule has 2 amide bonds. The van der Waals surface area contributed by atoms with Crippen LogP contribution in [-0.2, 0) is 11.0 Å². The number of hydrogen-bond donors (Lipinski definition) is 1. The van der Waals surface area contributed by atoms with Gasteiger partial charge in [0.05, 0.1) is 24.7 Å². The second-order valence-corrected chi connectivity index (χ2v) is 6.70. The summed E-state index contributed by atoms with van der Waals surface area (Å²) in [6, 6.07) is 10.6. The molecule has 30 heavy (non-hydrogen) atoms. The summed E-state index contributed by atoms with van der Waals surface area (Å²) in [5.74, 6) is -0.0266. The molecular formula is C20H19F3N5O2+. The summed E-state index contributed by atoms with van der Waals surface area (Å²) < 4.78 is 38.0. The highest BCUT2D eigenvalue weighted by Crippen LogP contribution is 2.28. The Labute approximate surface area is 170 Å². The van der Waals surface area contributed by atoms with Crippen LogP contribution >= 0.6 is 0 Å². The van der Waals surface area contributed by atoms with Gasteiger partial charge in [0.1, 0.15) is 25.7 Å². The first-order chi connectivity index (χ1) is 14.3. The first-order valence-electron chi connectivity index (χ1n) is 9.18. The lowest BCUT2D eigenvalue weighted by Crippen LogP contribution is -2.50. The fourth-order valence-electron chi connectivity index (χ4n) is 3.10. The molecule has 0 unspecified atom stereocenters. The van der Waals surface area contributed by atoms with Gasteiger partial charge >= 0.3 is 6.18 Å². The molecule has 1 saturated heterocycles. The first-order valence-corrected chi connectivity index (χ1v) is 9.18. The predicted octanol–water partition coefficient (Wildman–Crippen LogP) is 2.33. The second kappa shape index (κ2) is 8.82. The molecule has 2 N–H and O–H groups in total. The summed E-state index contributed by atoms with van der Waals surface area (Å²) >= 11 is 0. The fourth-order valence-corrected chi connectivity index (χ4v) is 3.10. The Morgan fingerprint density at radius 2 is 1.73 bits per heavy atom. The molecule has 0 atom stereocenters. The van der Waals surface area contributed by atoms with E-state index in [1.807, 2.05) is 4.90 Å². The van der Waals surface area contributed by atoms with Crippen LogP contribution in [0.2, 0.25) is 0 Å². The number of aromatic nitrogens is 1. The standard InChI is InChI=1S/C20H18F3N5O2/c21-20(22,23)15-3-6-17(25-13-15)27-9-11-28(12-10-27)19(30)14-1-4-16(5-2-14)26-18(29)7-8-24/h1-6,13H,7,9-12H2,(H,26,29)/p+1. The predicted molar refractivity (Wildman–Crippen MR) is 101 cm³/mol. The fraction of sp³-hybridized carbons (Fsp3) is 0.300. The smallest absolute Gasteiger partial charge is 0.331 e. The number of amides is 2. The van der Waals surface area contributed by atoms with Gasteiger partial charge in [-0.3, -0.25) is 14.5 Å². The number of alkyl halides is 3. The zero-order valence-electron chi connectivity index (χ0n) is 15.9. The Morgan fingerprint density at radius 3 is 2.27 bits per heavy atom. The van der Waals surface area contributed by atoms with Crippen molar-refractivity contribution in [3.05, 3.63) is 53.7 Å². The van der Waals surface area contributed by atoms with Crippen molar-refractivity contribution in [1.82, 2.24) is 4.90 Å². The molecule has 1 aromatic heterocycles. The number of benzene rings is 1. The molecule has 2 aromatic rings. The van der Waals surface area contributed by atoms with Crippen molar-refractivity contribution in [1.29, 1.82) is 5.26 Å². The summed E-state index contributed by atoms with van der Waals surface area (Å²) in [7, 11) is 0. The third-order valence-corrected chi connectivity index (χ3v) is 4.69. The van der Waals surface area contributed by atoms with E-state index >= 15 is 0 Å². The second-order valence-electron chi connectivity index (χ2n) is 6.70. The van der Waals surface area contributed by atoms with E-state index in [2.05, 4.69) is 10.3 Å². The van der Waals surface area contributed by atoms with Crippen LogP contribution in [0.15, 0.2) is 42.6 Å². The van der Waals surface area contributed by atoms with Crippen LogP contribution < -0.4 is 15.2 Å². The van der Waals surface area contributed by atoms with Crippen molar-refractivity contribution in [2.75, 3.05) is 36.4 Å². The summed E-state index contributed by atoms with van der Waals surface area (Å²) in [4.78, 5) is 30.3. The van der Waals surface area contributed by atoms with E-state index in [4.69, 9.17) is 5.26 Å². The number of nitriles is 1. The minimum absolute atomic E-state index is 0.166. The van der Waals surface area contributed by atoms with Gasteiger partial charge in [-0.25, -0.2) is 4.98 Å². The SMILES string of the molecule is N#CCC(=O)Nc1ccc(C(=O)N2CCN(c3ccc(C(F)(F)F)c[nH+]3)CC2)cc1. The number of piperazine rings is 1.